The summed E-state index contributed by atoms with van der Waals surface area (Å²) in [6.07, 6.45) is 8.53. The lowest BCUT2D eigenvalue weighted by Crippen LogP contribution is -2.12. The number of allylic oxidation sites excluding steroid dienone is 1. The van der Waals surface area contributed by atoms with E-state index < -0.39 is 5.91 Å². The fourth-order valence-corrected chi connectivity index (χ4v) is 2.25. The van der Waals surface area contributed by atoms with Gasteiger partial charge in [0.25, 0.3) is 5.91 Å². The zero-order valence-electron chi connectivity index (χ0n) is 11.4. The van der Waals surface area contributed by atoms with Crippen molar-refractivity contribution in [2.45, 2.75) is 6.42 Å². The van der Waals surface area contributed by atoms with Crippen LogP contribution in [0.25, 0.3) is 17.0 Å². The first kappa shape index (κ1) is 13.1. The number of hydrogen-bond acceptors (Lipinski definition) is 2. The highest BCUT2D eigenvalue weighted by Gasteiger charge is 2.06. The predicted molar refractivity (Wildman–Crippen MR) is 83.8 cm³/mol. The van der Waals surface area contributed by atoms with Gasteiger partial charge in [0.05, 0.1) is 11.7 Å². The smallest absolute Gasteiger partial charge is 0.267 e. The Kier molecular flexibility index (Phi) is 3.51. The first-order valence-electron chi connectivity index (χ1n) is 6.71. The van der Waals surface area contributed by atoms with E-state index in [1.54, 1.807) is 12.3 Å². The van der Waals surface area contributed by atoms with Crippen molar-refractivity contribution in [2.75, 3.05) is 0 Å². The average Bonchev–Trinajstić information content (AvgIpc) is 2.91. The molecule has 104 valence electrons. The minimum atomic E-state index is -0.516. The van der Waals surface area contributed by atoms with Gasteiger partial charge in [-0.1, -0.05) is 42.5 Å². The third kappa shape index (κ3) is 2.84. The van der Waals surface area contributed by atoms with Crippen molar-refractivity contribution in [3.05, 3.63) is 71.7 Å². The highest BCUT2D eigenvalue weighted by atomic mass is 16.1. The summed E-state index contributed by atoms with van der Waals surface area (Å²) in [5.41, 5.74) is 8.71. The molecule has 0 fully saturated rings. The van der Waals surface area contributed by atoms with Gasteiger partial charge in [-0.05, 0) is 23.6 Å². The third-order valence-electron chi connectivity index (χ3n) is 3.34. The van der Waals surface area contributed by atoms with Gasteiger partial charge in [-0.15, -0.1) is 0 Å². The normalized spacial score (nSPS) is 11.2. The highest BCUT2D eigenvalue weighted by Crippen LogP contribution is 2.19. The second-order valence-electron chi connectivity index (χ2n) is 4.82. The zero-order chi connectivity index (χ0) is 14.7. The van der Waals surface area contributed by atoms with E-state index in [1.807, 2.05) is 30.5 Å². The second-order valence-corrected chi connectivity index (χ2v) is 4.82. The van der Waals surface area contributed by atoms with E-state index in [0.29, 0.717) is 0 Å². The summed E-state index contributed by atoms with van der Waals surface area (Å²) < 4.78 is 0. The minimum absolute atomic E-state index is 0.278. The molecule has 3 rings (SSSR count). The lowest BCUT2D eigenvalue weighted by Gasteiger charge is -1.97. The standard InChI is InChI=1S/C17H15N3O/c18-17(21)15-9-14-13(10-19-16(14)11-20-15)8-4-7-12-5-2-1-3-6-12/h1-6,8-11,19H,7H2,(H2,18,21). The third-order valence-corrected chi connectivity index (χ3v) is 3.34. The second kappa shape index (κ2) is 5.63. The van der Waals surface area contributed by atoms with Gasteiger partial charge in [0, 0.05) is 11.6 Å². The van der Waals surface area contributed by atoms with Crippen LogP contribution in [-0.4, -0.2) is 15.9 Å². The van der Waals surface area contributed by atoms with Crippen molar-refractivity contribution >= 4 is 22.9 Å². The van der Waals surface area contributed by atoms with E-state index in [2.05, 4.69) is 28.2 Å². The molecule has 0 aliphatic heterocycles. The van der Waals surface area contributed by atoms with Gasteiger partial charge in [0.15, 0.2) is 0 Å². The lowest BCUT2D eigenvalue weighted by atomic mass is 10.1. The number of amides is 1. The molecular weight excluding hydrogens is 262 g/mol. The maximum Gasteiger partial charge on any atom is 0.267 e. The van der Waals surface area contributed by atoms with Gasteiger partial charge < -0.3 is 10.7 Å². The summed E-state index contributed by atoms with van der Waals surface area (Å²) in [7, 11) is 0. The molecule has 3 N–H and O–H groups in total. The molecule has 0 saturated heterocycles. The first-order valence-corrected chi connectivity index (χ1v) is 6.71. The summed E-state index contributed by atoms with van der Waals surface area (Å²) in [6, 6.07) is 12.0. The van der Waals surface area contributed by atoms with Crippen LogP contribution in [0, 0.1) is 0 Å². The molecular formula is C17H15N3O. The van der Waals surface area contributed by atoms with Gasteiger partial charge in [-0.3, -0.25) is 4.79 Å². The highest BCUT2D eigenvalue weighted by molar-refractivity contribution is 5.97. The molecule has 1 amide bonds. The molecule has 0 radical (unpaired) electrons. The van der Waals surface area contributed by atoms with E-state index >= 15 is 0 Å². The number of nitrogens with two attached hydrogens (primary N) is 1. The van der Waals surface area contributed by atoms with Crippen molar-refractivity contribution in [3.63, 3.8) is 0 Å². The summed E-state index contributed by atoms with van der Waals surface area (Å²) in [4.78, 5) is 18.4. The van der Waals surface area contributed by atoms with E-state index in [1.165, 1.54) is 5.56 Å². The van der Waals surface area contributed by atoms with E-state index in [9.17, 15) is 4.79 Å². The van der Waals surface area contributed by atoms with Gasteiger partial charge in [-0.25, -0.2) is 4.98 Å². The number of H-pyrrole nitrogens is 1. The molecule has 3 aromatic rings. The molecule has 0 spiro atoms. The fraction of sp³-hybridized carbons (Fsp3) is 0.0588. The Morgan fingerprint density at radius 2 is 2.10 bits per heavy atom. The Hall–Kier alpha value is -2.88. The minimum Gasteiger partial charge on any atom is -0.364 e. The SMILES string of the molecule is NC(=O)c1cc2c(C=CCc3ccccc3)c[nH]c2cn1. The topological polar surface area (TPSA) is 71.8 Å². The molecule has 2 aromatic heterocycles. The molecule has 1 aromatic carbocycles. The molecule has 0 atom stereocenters. The van der Waals surface area contributed by atoms with Crippen LogP contribution in [0.5, 0.6) is 0 Å². The molecule has 4 heteroatoms. The molecule has 4 nitrogen and oxygen atoms in total. The number of pyridine rings is 1. The first-order chi connectivity index (χ1) is 10.2. The number of benzene rings is 1. The number of hydrogen-bond donors (Lipinski definition) is 2. The number of nitrogens with one attached hydrogen (secondary N) is 1. The van der Waals surface area contributed by atoms with E-state index in [-0.39, 0.29) is 5.69 Å². The maximum atomic E-state index is 11.2. The van der Waals surface area contributed by atoms with Crippen LogP contribution < -0.4 is 5.73 Å². The Morgan fingerprint density at radius 3 is 2.86 bits per heavy atom. The van der Waals surface area contributed by atoms with Crippen molar-refractivity contribution in [3.8, 4) is 0 Å². The Bertz CT molecular complexity index is 803. The Morgan fingerprint density at radius 1 is 1.29 bits per heavy atom. The van der Waals surface area contributed by atoms with Crippen LogP contribution >= 0.6 is 0 Å². The van der Waals surface area contributed by atoms with Crippen molar-refractivity contribution in [1.82, 2.24) is 9.97 Å². The summed E-state index contributed by atoms with van der Waals surface area (Å²) in [6.45, 7) is 0. The van der Waals surface area contributed by atoms with Crippen LogP contribution in [0.2, 0.25) is 0 Å². The van der Waals surface area contributed by atoms with Gasteiger partial charge in [0.1, 0.15) is 5.69 Å². The number of fused-ring (bicyclic) bond motifs is 1. The summed E-state index contributed by atoms with van der Waals surface area (Å²) in [5.74, 6) is -0.516. The maximum absolute atomic E-state index is 11.2. The van der Waals surface area contributed by atoms with Gasteiger partial charge in [-0.2, -0.15) is 0 Å². The molecule has 0 saturated carbocycles. The number of primary amides is 1. The molecule has 21 heavy (non-hydrogen) atoms. The number of aromatic amines is 1. The zero-order valence-corrected chi connectivity index (χ0v) is 11.4. The number of carbonyl (C=O) groups excluding carboxylic acids is 1. The fourth-order valence-electron chi connectivity index (χ4n) is 2.25. The number of carbonyl (C=O) groups is 1. The van der Waals surface area contributed by atoms with Crippen LogP contribution in [0.3, 0.4) is 0 Å². The molecule has 0 aliphatic rings. The van der Waals surface area contributed by atoms with Crippen molar-refractivity contribution in [2.24, 2.45) is 5.73 Å². The predicted octanol–water partition coefficient (Wildman–Crippen LogP) is 2.92. The molecule has 0 unspecified atom stereocenters. The Labute approximate surface area is 122 Å². The van der Waals surface area contributed by atoms with Crippen molar-refractivity contribution < 1.29 is 4.79 Å². The molecule has 2 heterocycles. The van der Waals surface area contributed by atoms with Crippen LogP contribution in [0.1, 0.15) is 21.6 Å². The summed E-state index contributed by atoms with van der Waals surface area (Å²) in [5, 5.41) is 0.947. The van der Waals surface area contributed by atoms with Gasteiger partial charge >= 0.3 is 0 Å². The van der Waals surface area contributed by atoms with Crippen LogP contribution in [-0.2, 0) is 6.42 Å². The number of rotatable bonds is 4. The van der Waals surface area contributed by atoms with E-state index in [4.69, 9.17) is 5.73 Å². The summed E-state index contributed by atoms with van der Waals surface area (Å²) >= 11 is 0. The van der Waals surface area contributed by atoms with Crippen LogP contribution in [0.4, 0.5) is 0 Å². The van der Waals surface area contributed by atoms with Crippen molar-refractivity contribution in [1.29, 1.82) is 0 Å². The van der Waals surface area contributed by atoms with Crippen LogP contribution in [0.15, 0.2) is 54.9 Å². The Balaban J connectivity index is 1.86. The average molecular weight is 277 g/mol. The van der Waals surface area contributed by atoms with E-state index in [0.717, 1.165) is 22.9 Å². The monoisotopic (exact) mass is 277 g/mol. The quantitative estimate of drug-likeness (QED) is 0.769. The number of aromatic nitrogens is 2. The largest absolute Gasteiger partial charge is 0.364 e. The molecule has 0 bridgehead atoms. The van der Waals surface area contributed by atoms with Gasteiger partial charge in [0.2, 0.25) is 0 Å². The number of nitrogens with zero attached hydrogens (tertiary/aromatic N) is 1. The molecule has 0 aliphatic carbocycles. The lowest BCUT2D eigenvalue weighted by molar-refractivity contribution is 0.0996.